The Morgan fingerprint density at radius 1 is 1.13 bits per heavy atom. The van der Waals surface area contributed by atoms with Crippen molar-refractivity contribution < 1.29 is 4.74 Å². The highest BCUT2D eigenvalue weighted by Gasteiger charge is 2.56. The first-order valence-corrected chi connectivity index (χ1v) is 8.74. The molecule has 3 fully saturated rings. The summed E-state index contributed by atoms with van der Waals surface area (Å²) in [6.45, 7) is 3.32. The van der Waals surface area contributed by atoms with E-state index in [0.29, 0.717) is 24.1 Å². The van der Waals surface area contributed by atoms with Crippen LogP contribution in [0.25, 0.3) is 11.0 Å². The third-order valence-electron chi connectivity index (χ3n) is 5.67. The molecule has 5 rings (SSSR count). The van der Waals surface area contributed by atoms with Crippen LogP contribution in [0.4, 0.5) is 5.82 Å². The summed E-state index contributed by atoms with van der Waals surface area (Å²) in [4.78, 5) is 11.9. The lowest BCUT2D eigenvalue weighted by atomic mass is 9.70. The summed E-state index contributed by atoms with van der Waals surface area (Å²) in [5.74, 6) is 1.51. The summed E-state index contributed by atoms with van der Waals surface area (Å²) < 4.78 is 6.00. The van der Waals surface area contributed by atoms with Crippen molar-refractivity contribution in [1.29, 1.82) is 0 Å². The van der Waals surface area contributed by atoms with Gasteiger partial charge in [-0.15, -0.1) is 0 Å². The minimum absolute atomic E-state index is 0.416. The van der Waals surface area contributed by atoms with E-state index in [4.69, 9.17) is 9.72 Å². The van der Waals surface area contributed by atoms with Crippen LogP contribution in [0, 0.1) is 5.92 Å². The van der Waals surface area contributed by atoms with Crippen LogP contribution in [-0.4, -0.2) is 52.8 Å². The van der Waals surface area contributed by atoms with E-state index in [9.17, 15) is 0 Å². The molecule has 1 aliphatic carbocycles. The van der Waals surface area contributed by atoms with E-state index in [-0.39, 0.29) is 0 Å². The number of para-hydroxylation sites is 2. The molecule has 0 unspecified atom stereocenters. The van der Waals surface area contributed by atoms with Crippen LogP contribution < -0.4 is 5.32 Å². The van der Waals surface area contributed by atoms with Gasteiger partial charge in [-0.3, -0.25) is 9.88 Å². The molecule has 3 heterocycles. The highest BCUT2D eigenvalue weighted by atomic mass is 16.5. The molecule has 0 bridgehead atoms. The summed E-state index contributed by atoms with van der Waals surface area (Å²) in [7, 11) is 0. The average Bonchev–Trinajstić information content (AvgIpc) is 3.24. The number of benzene rings is 1. The highest BCUT2D eigenvalue weighted by Crippen LogP contribution is 2.44. The highest BCUT2D eigenvalue weighted by molar-refractivity contribution is 5.75. The van der Waals surface area contributed by atoms with Crippen molar-refractivity contribution in [1.82, 2.24) is 14.9 Å². The molecule has 120 valence electrons. The normalized spacial score (nSPS) is 33.6. The van der Waals surface area contributed by atoms with E-state index < -0.39 is 0 Å². The van der Waals surface area contributed by atoms with Gasteiger partial charge in [-0.1, -0.05) is 12.1 Å². The first-order chi connectivity index (χ1) is 11.4. The first-order valence-electron chi connectivity index (χ1n) is 8.74. The number of hydrogen-bond acceptors (Lipinski definition) is 5. The maximum absolute atomic E-state index is 6.00. The van der Waals surface area contributed by atoms with E-state index in [1.54, 1.807) is 0 Å². The first kappa shape index (κ1) is 13.7. The zero-order valence-corrected chi connectivity index (χ0v) is 13.2. The lowest BCUT2D eigenvalue weighted by molar-refractivity contribution is -0.0604. The molecule has 2 aromatic rings. The topological polar surface area (TPSA) is 50.3 Å². The molecule has 3 aliphatic rings. The molecular weight excluding hydrogens is 288 g/mol. The van der Waals surface area contributed by atoms with Crippen molar-refractivity contribution in [2.24, 2.45) is 5.92 Å². The number of anilines is 1. The molecule has 23 heavy (non-hydrogen) atoms. The largest absolute Gasteiger partial charge is 0.376 e. The lowest BCUT2D eigenvalue weighted by Gasteiger charge is -2.51. The molecule has 5 heteroatoms. The maximum Gasteiger partial charge on any atom is 0.145 e. The van der Waals surface area contributed by atoms with E-state index in [1.165, 1.54) is 25.9 Å². The van der Waals surface area contributed by atoms with Gasteiger partial charge in [0.05, 0.1) is 35.4 Å². The third-order valence-corrected chi connectivity index (χ3v) is 5.67. The van der Waals surface area contributed by atoms with E-state index in [2.05, 4.69) is 15.2 Å². The van der Waals surface area contributed by atoms with E-state index in [0.717, 1.165) is 29.9 Å². The van der Waals surface area contributed by atoms with Crippen LogP contribution in [0.1, 0.15) is 19.3 Å². The van der Waals surface area contributed by atoms with Crippen LogP contribution >= 0.6 is 0 Å². The Morgan fingerprint density at radius 2 is 1.96 bits per heavy atom. The number of hydrogen-bond donors (Lipinski definition) is 1. The molecule has 1 aromatic heterocycles. The van der Waals surface area contributed by atoms with Crippen molar-refractivity contribution in [3.63, 3.8) is 0 Å². The van der Waals surface area contributed by atoms with Crippen molar-refractivity contribution in [3.8, 4) is 0 Å². The van der Waals surface area contributed by atoms with Gasteiger partial charge < -0.3 is 10.1 Å². The lowest BCUT2D eigenvalue weighted by Crippen LogP contribution is -2.67. The fraction of sp³-hybridized carbons (Fsp3) is 0.556. The summed E-state index contributed by atoms with van der Waals surface area (Å²) >= 11 is 0. The Balaban J connectivity index is 1.40. The summed E-state index contributed by atoms with van der Waals surface area (Å²) in [5, 5.41) is 3.67. The molecular formula is C18H22N4O. The van der Waals surface area contributed by atoms with Gasteiger partial charge in [0.2, 0.25) is 0 Å². The van der Waals surface area contributed by atoms with Gasteiger partial charge in [-0.2, -0.15) is 0 Å². The Hall–Kier alpha value is -1.72. The molecule has 0 radical (unpaired) electrons. The van der Waals surface area contributed by atoms with Gasteiger partial charge >= 0.3 is 0 Å². The number of likely N-dealkylation sites (tertiary alicyclic amines) is 1. The fourth-order valence-corrected chi connectivity index (χ4v) is 4.54. The molecule has 1 aromatic carbocycles. The van der Waals surface area contributed by atoms with E-state index >= 15 is 0 Å². The quantitative estimate of drug-likeness (QED) is 0.942. The molecule has 1 N–H and O–H groups in total. The van der Waals surface area contributed by atoms with Crippen LogP contribution in [0.5, 0.6) is 0 Å². The number of ether oxygens (including phenoxy) is 1. The van der Waals surface area contributed by atoms with Crippen molar-refractivity contribution in [2.75, 3.05) is 25.0 Å². The average molecular weight is 310 g/mol. The molecule has 1 saturated carbocycles. The second-order valence-corrected chi connectivity index (χ2v) is 6.94. The Kier molecular flexibility index (Phi) is 3.23. The van der Waals surface area contributed by atoms with Gasteiger partial charge in [0.15, 0.2) is 0 Å². The monoisotopic (exact) mass is 310 g/mol. The Bertz CT molecular complexity index is 710. The van der Waals surface area contributed by atoms with E-state index in [1.807, 2.05) is 30.5 Å². The fourth-order valence-electron chi connectivity index (χ4n) is 4.54. The second-order valence-electron chi connectivity index (χ2n) is 6.94. The zero-order valence-electron chi connectivity index (χ0n) is 13.2. The van der Waals surface area contributed by atoms with Crippen LogP contribution in [-0.2, 0) is 4.74 Å². The maximum atomic E-state index is 6.00. The number of nitrogens with one attached hydrogen (secondary N) is 1. The summed E-state index contributed by atoms with van der Waals surface area (Å²) in [6.07, 6.45) is 6.08. The van der Waals surface area contributed by atoms with Crippen molar-refractivity contribution in [3.05, 3.63) is 30.5 Å². The standard InChI is InChI=1S/C18H22N4O/c1-2-6-14-13(5-1)19-11-15(20-14)21-16-12-7-10-23-18(12)17(16)22-8-3-4-9-22/h1-2,5-6,11-12,16-18H,3-4,7-10H2,(H,20,21)/t12-,16+,17-,18-/m0/s1. The summed E-state index contributed by atoms with van der Waals surface area (Å²) in [5.41, 5.74) is 1.90. The smallest absolute Gasteiger partial charge is 0.145 e. The van der Waals surface area contributed by atoms with Crippen LogP contribution in [0.3, 0.4) is 0 Å². The predicted molar refractivity (Wildman–Crippen MR) is 89.4 cm³/mol. The number of aromatic nitrogens is 2. The minimum Gasteiger partial charge on any atom is -0.376 e. The SMILES string of the molecule is c1ccc2nc(N[C@@H]3[C@@H]4CCO[C@@H]4[C@H]3N3CCCC3)cnc2c1. The number of nitrogens with zero attached hydrogens (tertiary/aromatic N) is 3. The number of fused-ring (bicyclic) bond motifs is 2. The molecule has 2 aliphatic heterocycles. The van der Waals surface area contributed by atoms with Crippen LogP contribution in [0.2, 0.25) is 0 Å². The van der Waals surface area contributed by atoms with Gasteiger partial charge in [-0.25, -0.2) is 4.98 Å². The molecule has 0 spiro atoms. The molecule has 4 atom stereocenters. The molecule has 0 amide bonds. The number of rotatable bonds is 3. The van der Waals surface area contributed by atoms with Gasteiger partial charge in [0.1, 0.15) is 5.82 Å². The molecule has 2 saturated heterocycles. The van der Waals surface area contributed by atoms with Gasteiger partial charge in [0.25, 0.3) is 0 Å². The summed E-state index contributed by atoms with van der Waals surface area (Å²) in [6, 6.07) is 8.98. The van der Waals surface area contributed by atoms with Crippen molar-refractivity contribution in [2.45, 2.75) is 37.5 Å². The van der Waals surface area contributed by atoms with Gasteiger partial charge in [0, 0.05) is 12.5 Å². The van der Waals surface area contributed by atoms with Gasteiger partial charge in [-0.05, 0) is 44.5 Å². The van der Waals surface area contributed by atoms with Crippen LogP contribution in [0.15, 0.2) is 30.5 Å². The predicted octanol–water partition coefficient (Wildman–Crippen LogP) is 2.29. The third kappa shape index (κ3) is 2.22. The zero-order chi connectivity index (χ0) is 15.2. The molecule has 5 nitrogen and oxygen atoms in total. The van der Waals surface area contributed by atoms with Crippen molar-refractivity contribution >= 4 is 16.9 Å². The second kappa shape index (κ2) is 5.42. The minimum atomic E-state index is 0.416. The Morgan fingerprint density at radius 3 is 2.83 bits per heavy atom. The Labute approximate surface area is 136 Å².